The number of amides is 1. The monoisotopic (exact) mass is 293 g/mol. The molecule has 3 aromatic rings. The van der Waals surface area contributed by atoms with E-state index in [4.69, 9.17) is 4.74 Å². The van der Waals surface area contributed by atoms with Gasteiger partial charge in [0.25, 0.3) is 5.91 Å². The lowest BCUT2D eigenvalue weighted by Crippen LogP contribution is -2.24. The van der Waals surface area contributed by atoms with E-state index in [1.807, 2.05) is 42.5 Å². The molecule has 1 N–H and O–H groups in total. The summed E-state index contributed by atoms with van der Waals surface area (Å²) in [5.41, 5.74) is 1.82. The molecule has 1 amide bonds. The van der Waals surface area contributed by atoms with Gasteiger partial charge in [-0.2, -0.15) is 0 Å². The summed E-state index contributed by atoms with van der Waals surface area (Å²) in [5, 5.41) is 3.75. The van der Waals surface area contributed by atoms with E-state index in [1.165, 1.54) is 0 Å². The summed E-state index contributed by atoms with van der Waals surface area (Å²) in [5.74, 6) is 0.509. The molecule has 0 fully saturated rings. The molecule has 22 heavy (non-hydrogen) atoms. The van der Waals surface area contributed by atoms with Crippen molar-refractivity contribution >= 4 is 16.9 Å². The third kappa shape index (κ3) is 2.88. The van der Waals surface area contributed by atoms with E-state index in [9.17, 15) is 4.79 Å². The summed E-state index contributed by atoms with van der Waals surface area (Å²) < 4.78 is 5.26. The second kappa shape index (κ2) is 6.22. The van der Waals surface area contributed by atoms with E-state index in [-0.39, 0.29) is 5.91 Å². The highest BCUT2D eigenvalue weighted by molar-refractivity contribution is 5.94. The molecule has 0 aliphatic heterocycles. The van der Waals surface area contributed by atoms with Gasteiger partial charge in [-0.15, -0.1) is 0 Å². The maximum atomic E-state index is 12.2. The van der Waals surface area contributed by atoms with Crippen LogP contribution < -0.4 is 10.1 Å². The van der Waals surface area contributed by atoms with Crippen molar-refractivity contribution in [1.29, 1.82) is 0 Å². The van der Waals surface area contributed by atoms with Gasteiger partial charge < -0.3 is 10.1 Å². The lowest BCUT2D eigenvalue weighted by Gasteiger charge is -2.09. The number of rotatable bonds is 4. The van der Waals surface area contributed by atoms with Crippen LogP contribution in [-0.4, -0.2) is 23.0 Å². The lowest BCUT2D eigenvalue weighted by molar-refractivity contribution is 0.0946. The predicted octanol–water partition coefficient (Wildman–Crippen LogP) is 2.57. The van der Waals surface area contributed by atoms with Gasteiger partial charge in [0.15, 0.2) is 5.65 Å². The average molecular weight is 293 g/mol. The van der Waals surface area contributed by atoms with Crippen molar-refractivity contribution < 1.29 is 9.53 Å². The Labute approximate surface area is 128 Å². The van der Waals surface area contributed by atoms with Gasteiger partial charge in [-0.1, -0.05) is 18.2 Å². The molecule has 0 saturated carbocycles. The topological polar surface area (TPSA) is 64.1 Å². The van der Waals surface area contributed by atoms with Crippen molar-refractivity contribution in [2.75, 3.05) is 7.11 Å². The first kappa shape index (κ1) is 14.0. The molecule has 0 spiro atoms. The molecule has 2 heterocycles. The molecule has 1 aromatic carbocycles. The van der Waals surface area contributed by atoms with E-state index >= 15 is 0 Å². The Hall–Kier alpha value is -2.95. The van der Waals surface area contributed by atoms with Crippen molar-refractivity contribution in [1.82, 2.24) is 15.3 Å². The normalized spacial score (nSPS) is 10.4. The minimum Gasteiger partial charge on any atom is -0.496 e. The van der Waals surface area contributed by atoms with Gasteiger partial charge in [-0.25, -0.2) is 9.97 Å². The first-order valence-electron chi connectivity index (χ1n) is 6.90. The fourth-order valence-electron chi connectivity index (χ4n) is 2.19. The standard InChI is InChI=1S/C17H15N3O2/c1-22-15-7-3-2-5-13(15)11-19-17(21)14-9-8-12-6-4-10-18-16(12)20-14/h2-10H,11H2,1H3,(H,19,21). The summed E-state index contributed by atoms with van der Waals surface area (Å²) in [6.45, 7) is 0.380. The third-order valence-corrected chi connectivity index (χ3v) is 3.33. The largest absolute Gasteiger partial charge is 0.496 e. The van der Waals surface area contributed by atoms with Crippen LogP contribution in [0.4, 0.5) is 0 Å². The minimum atomic E-state index is -0.238. The zero-order chi connectivity index (χ0) is 15.4. The molecule has 0 saturated heterocycles. The van der Waals surface area contributed by atoms with Gasteiger partial charge in [0.2, 0.25) is 0 Å². The van der Waals surface area contributed by atoms with Gasteiger partial charge in [-0.05, 0) is 30.3 Å². The molecule has 5 nitrogen and oxygen atoms in total. The van der Waals surface area contributed by atoms with Gasteiger partial charge in [0.1, 0.15) is 11.4 Å². The highest BCUT2D eigenvalue weighted by Gasteiger charge is 2.09. The molecular formula is C17H15N3O2. The number of aromatic nitrogens is 2. The van der Waals surface area contributed by atoms with Gasteiger partial charge in [0.05, 0.1) is 7.11 Å². The van der Waals surface area contributed by atoms with Crippen molar-refractivity contribution in [2.24, 2.45) is 0 Å². The van der Waals surface area contributed by atoms with E-state index < -0.39 is 0 Å². The number of pyridine rings is 2. The highest BCUT2D eigenvalue weighted by Crippen LogP contribution is 2.17. The van der Waals surface area contributed by atoms with Crippen LogP contribution in [0.25, 0.3) is 11.0 Å². The summed E-state index contributed by atoms with van der Waals surface area (Å²) >= 11 is 0. The number of fused-ring (bicyclic) bond motifs is 1. The number of para-hydroxylation sites is 1. The van der Waals surface area contributed by atoms with Crippen LogP contribution in [0.1, 0.15) is 16.1 Å². The van der Waals surface area contributed by atoms with Crippen molar-refractivity contribution in [3.8, 4) is 5.75 Å². The van der Waals surface area contributed by atoms with Gasteiger partial charge in [-0.3, -0.25) is 4.79 Å². The Morgan fingerprint density at radius 1 is 1.14 bits per heavy atom. The molecule has 0 radical (unpaired) electrons. The van der Waals surface area contributed by atoms with Crippen LogP contribution in [0.3, 0.4) is 0 Å². The van der Waals surface area contributed by atoms with Gasteiger partial charge in [0, 0.05) is 23.7 Å². The number of methoxy groups -OCH3 is 1. The van der Waals surface area contributed by atoms with Gasteiger partial charge >= 0.3 is 0 Å². The van der Waals surface area contributed by atoms with Crippen LogP contribution in [0.5, 0.6) is 5.75 Å². The molecule has 110 valence electrons. The molecule has 0 atom stereocenters. The number of hydrogen-bond donors (Lipinski definition) is 1. The van der Waals surface area contributed by atoms with Crippen LogP contribution >= 0.6 is 0 Å². The molecule has 2 aromatic heterocycles. The zero-order valence-corrected chi connectivity index (χ0v) is 12.1. The summed E-state index contributed by atoms with van der Waals surface area (Å²) in [6.07, 6.45) is 1.66. The average Bonchev–Trinajstić information content (AvgIpc) is 2.59. The smallest absolute Gasteiger partial charge is 0.270 e. The number of nitrogens with zero attached hydrogens (tertiary/aromatic N) is 2. The Balaban J connectivity index is 1.75. The van der Waals surface area contributed by atoms with E-state index in [1.54, 1.807) is 19.4 Å². The molecule has 5 heteroatoms. The minimum absolute atomic E-state index is 0.238. The van der Waals surface area contributed by atoms with E-state index in [2.05, 4.69) is 15.3 Å². The fraction of sp³-hybridized carbons (Fsp3) is 0.118. The quantitative estimate of drug-likeness (QED) is 0.803. The highest BCUT2D eigenvalue weighted by atomic mass is 16.5. The summed E-state index contributed by atoms with van der Waals surface area (Å²) in [6, 6.07) is 14.9. The zero-order valence-electron chi connectivity index (χ0n) is 12.1. The van der Waals surface area contributed by atoms with Crippen molar-refractivity contribution in [2.45, 2.75) is 6.54 Å². The Morgan fingerprint density at radius 2 is 2.00 bits per heavy atom. The van der Waals surface area contributed by atoms with E-state index in [0.29, 0.717) is 17.9 Å². The van der Waals surface area contributed by atoms with Crippen LogP contribution in [0.2, 0.25) is 0 Å². The molecule has 0 aliphatic carbocycles. The maximum absolute atomic E-state index is 12.2. The Kier molecular flexibility index (Phi) is 3.96. The number of benzene rings is 1. The first-order chi connectivity index (χ1) is 10.8. The number of carbonyl (C=O) groups excluding carboxylic acids is 1. The fourth-order valence-corrected chi connectivity index (χ4v) is 2.19. The maximum Gasteiger partial charge on any atom is 0.270 e. The second-order valence-corrected chi connectivity index (χ2v) is 4.74. The third-order valence-electron chi connectivity index (χ3n) is 3.33. The predicted molar refractivity (Wildman–Crippen MR) is 83.7 cm³/mol. The SMILES string of the molecule is COc1ccccc1CNC(=O)c1ccc2cccnc2n1. The van der Waals surface area contributed by atoms with Crippen molar-refractivity contribution in [3.05, 3.63) is 66.0 Å². The van der Waals surface area contributed by atoms with E-state index in [0.717, 1.165) is 16.7 Å². The molecule has 0 bridgehead atoms. The molecule has 0 aliphatic rings. The number of hydrogen-bond acceptors (Lipinski definition) is 4. The number of carbonyl (C=O) groups is 1. The first-order valence-corrected chi connectivity index (χ1v) is 6.90. The number of ether oxygens (including phenoxy) is 1. The van der Waals surface area contributed by atoms with Crippen LogP contribution in [0, 0.1) is 0 Å². The summed E-state index contributed by atoms with van der Waals surface area (Å²) in [7, 11) is 1.61. The molecule has 0 unspecified atom stereocenters. The Morgan fingerprint density at radius 3 is 2.86 bits per heavy atom. The van der Waals surface area contributed by atoms with Crippen LogP contribution in [0.15, 0.2) is 54.7 Å². The van der Waals surface area contributed by atoms with Crippen molar-refractivity contribution in [3.63, 3.8) is 0 Å². The number of nitrogens with one attached hydrogen (secondary N) is 1. The molecular weight excluding hydrogens is 278 g/mol. The second-order valence-electron chi connectivity index (χ2n) is 4.74. The summed E-state index contributed by atoms with van der Waals surface area (Å²) in [4.78, 5) is 20.7. The van der Waals surface area contributed by atoms with Crippen LogP contribution in [-0.2, 0) is 6.54 Å². The Bertz CT molecular complexity index is 818. The molecule has 3 rings (SSSR count). The lowest BCUT2D eigenvalue weighted by atomic mass is 10.2.